The standard InChI is InChI=1S/C38H36N8O5S/c39-35-33-34(23-9-11-26(12-10-23)51-25-5-2-1-3-6-25)43-46(36(33)41-22-40-35)24-15-18-44(19-16-24)32(48)17-20-52-30-8-4-7-27-28(30)21-45(38(27)50)29-13-14-31(47)42-37(29)49/h1-12,22,24,29H,13-21H2,(H2,39,40,41)(H,42,47,49). The van der Waals surface area contributed by atoms with Crippen molar-refractivity contribution in [1.29, 1.82) is 0 Å². The Morgan fingerprint density at radius 2 is 1.69 bits per heavy atom. The van der Waals surface area contributed by atoms with Gasteiger partial charge in [-0.3, -0.25) is 24.5 Å². The van der Waals surface area contributed by atoms with Crippen LogP contribution in [0.3, 0.4) is 0 Å². The first-order valence-electron chi connectivity index (χ1n) is 17.3. The van der Waals surface area contributed by atoms with Gasteiger partial charge in [-0.2, -0.15) is 5.10 Å². The van der Waals surface area contributed by atoms with E-state index in [1.807, 2.05) is 76.3 Å². The van der Waals surface area contributed by atoms with Crippen LogP contribution in [0.4, 0.5) is 5.82 Å². The van der Waals surface area contributed by atoms with Crippen molar-refractivity contribution in [1.82, 2.24) is 34.9 Å². The Kier molecular flexibility index (Phi) is 9.05. The molecule has 2 saturated heterocycles. The zero-order chi connectivity index (χ0) is 35.8. The molecule has 0 radical (unpaired) electrons. The zero-order valence-corrected chi connectivity index (χ0v) is 29.1. The number of nitrogens with zero attached hydrogens (tertiary/aromatic N) is 6. The van der Waals surface area contributed by atoms with Gasteiger partial charge in [0.1, 0.15) is 35.4 Å². The van der Waals surface area contributed by atoms with Gasteiger partial charge in [0.25, 0.3) is 5.91 Å². The Labute approximate surface area is 303 Å². The predicted molar refractivity (Wildman–Crippen MR) is 194 cm³/mol. The summed E-state index contributed by atoms with van der Waals surface area (Å²) in [6.45, 7) is 1.49. The molecular weight excluding hydrogens is 681 g/mol. The summed E-state index contributed by atoms with van der Waals surface area (Å²) >= 11 is 1.54. The molecule has 52 heavy (non-hydrogen) atoms. The van der Waals surface area contributed by atoms with Crippen LogP contribution in [0.5, 0.6) is 11.5 Å². The van der Waals surface area contributed by atoms with Crippen molar-refractivity contribution >= 4 is 52.2 Å². The van der Waals surface area contributed by atoms with Crippen molar-refractivity contribution in [3.8, 4) is 22.8 Å². The van der Waals surface area contributed by atoms with Crippen molar-refractivity contribution in [3.05, 3.63) is 90.3 Å². The molecule has 5 heterocycles. The number of benzene rings is 3. The monoisotopic (exact) mass is 716 g/mol. The molecule has 4 amide bonds. The van der Waals surface area contributed by atoms with Crippen LogP contribution in [-0.2, 0) is 20.9 Å². The number of amides is 4. The molecule has 0 spiro atoms. The van der Waals surface area contributed by atoms with Gasteiger partial charge >= 0.3 is 0 Å². The fourth-order valence-corrected chi connectivity index (χ4v) is 8.24. The van der Waals surface area contributed by atoms with Crippen molar-refractivity contribution < 1.29 is 23.9 Å². The molecule has 0 saturated carbocycles. The summed E-state index contributed by atoms with van der Waals surface area (Å²) < 4.78 is 7.90. The molecule has 3 N–H and O–H groups in total. The zero-order valence-electron chi connectivity index (χ0n) is 28.2. The number of aromatic nitrogens is 4. The van der Waals surface area contributed by atoms with E-state index in [2.05, 4.69) is 15.3 Å². The van der Waals surface area contributed by atoms with Crippen molar-refractivity contribution in [2.75, 3.05) is 24.6 Å². The predicted octanol–water partition coefficient (Wildman–Crippen LogP) is 4.97. The Bertz CT molecular complexity index is 2180. The highest BCUT2D eigenvalue weighted by molar-refractivity contribution is 7.99. The van der Waals surface area contributed by atoms with Crippen LogP contribution in [0.15, 0.2) is 84.0 Å². The van der Waals surface area contributed by atoms with Gasteiger partial charge in [-0.1, -0.05) is 24.3 Å². The largest absolute Gasteiger partial charge is 0.457 e. The number of rotatable bonds is 9. The molecule has 8 rings (SSSR count). The summed E-state index contributed by atoms with van der Waals surface area (Å²) in [4.78, 5) is 63.8. The molecule has 2 aromatic heterocycles. The summed E-state index contributed by atoms with van der Waals surface area (Å²) in [5.74, 6) is 1.50. The number of carbonyl (C=O) groups excluding carboxylic acids is 4. The van der Waals surface area contributed by atoms with Gasteiger partial charge in [-0.05, 0) is 73.4 Å². The van der Waals surface area contributed by atoms with Crippen LogP contribution in [0.2, 0.25) is 0 Å². The van der Waals surface area contributed by atoms with E-state index in [0.717, 1.165) is 21.8 Å². The number of hydrogen-bond donors (Lipinski definition) is 2. The average Bonchev–Trinajstić information content (AvgIpc) is 3.72. The van der Waals surface area contributed by atoms with Gasteiger partial charge in [-0.15, -0.1) is 11.8 Å². The van der Waals surface area contributed by atoms with Crippen molar-refractivity contribution in [3.63, 3.8) is 0 Å². The van der Waals surface area contributed by atoms with E-state index in [-0.39, 0.29) is 30.2 Å². The lowest BCUT2D eigenvalue weighted by Gasteiger charge is -2.32. The smallest absolute Gasteiger partial charge is 0.255 e. The normalized spacial score (nSPS) is 17.8. The quantitative estimate of drug-likeness (QED) is 0.157. The number of thioether (sulfide) groups is 1. The minimum absolute atomic E-state index is 0.0291. The van der Waals surface area contributed by atoms with Gasteiger partial charge in [-0.25, -0.2) is 14.6 Å². The second-order valence-electron chi connectivity index (χ2n) is 13.1. The molecule has 3 aromatic carbocycles. The third-order valence-corrected chi connectivity index (χ3v) is 11.0. The molecule has 3 aliphatic rings. The molecule has 1 unspecified atom stereocenters. The van der Waals surface area contributed by atoms with E-state index in [4.69, 9.17) is 15.6 Å². The summed E-state index contributed by atoms with van der Waals surface area (Å²) in [5, 5.41) is 8.05. The second-order valence-corrected chi connectivity index (χ2v) is 14.2. The van der Waals surface area contributed by atoms with Crippen molar-refractivity contribution in [2.45, 2.75) is 55.6 Å². The highest BCUT2D eigenvalue weighted by atomic mass is 32.2. The average molecular weight is 717 g/mol. The number of nitrogens with one attached hydrogen (secondary N) is 1. The van der Waals surface area contributed by atoms with Crippen LogP contribution >= 0.6 is 11.8 Å². The number of nitrogen functional groups attached to an aromatic ring is 1. The van der Waals surface area contributed by atoms with Crippen LogP contribution in [0.25, 0.3) is 22.3 Å². The van der Waals surface area contributed by atoms with Gasteiger partial charge in [0.15, 0.2) is 5.65 Å². The van der Waals surface area contributed by atoms with Gasteiger partial charge in [0.2, 0.25) is 17.7 Å². The third-order valence-electron chi connectivity index (χ3n) is 9.90. The maximum Gasteiger partial charge on any atom is 0.255 e. The Morgan fingerprint density at radius 3 is 2.46 bits per heavy atom. The minimum Gasteiger partial charge on any atom is -0.457 e. The van der Waals surface area contributed by atoms with Crippen molar-refractivity contribution in [2.24, 2.45) is 0 Å². The highest BCUT2D eigenvalue weighted by Gasteiger charge is 2.40. The van der Waals surface area contributed by atoms with Gasteiger partial charge in [0, 0.05) is 54.3 Å². The maximum atomic E-state index is 13.3. The van der Waals surface area contributed by atoms with E-state index in [0.29, 0.717) is 84.9 Å². The molecule has 14 heteroatoms. The number of anilines is 1. The molecule has 3 aliphatic heterocycles. The van der Waals surface area contributed by atoms with Crippen LogP contribution in [-0.4, -0.2) is 78.1 Å². The molecule has 13 nitrogen and oxygen atoms in total. The maximum absolute atomic E-state index is 13.3. The first-order valence-corrected chi connectivity index (χ1v) is 18.3. The summed E-state index contributed by atoms with van der Waals surface area (Å²) in [6, 6.07) is 22.2. The number of hydrogen-bond acceptors (Lipinski definition) is 10. The number of carbonyl (C=O) groups is 4. The number of para-hydroxylation sites is 1. The molecule has 0 aliphatic carbocycles. The summed E-state index contributed by atoms with van der Waals surface area (Å²) in [6.07, 6.45) is 3.77. The lowest BCUT2D eigenvalue weighted by atomic mass is 10.0. The third kappa shape index (κ3) is 6.45. The molecule has 5 aromatic rings. The fourth-order valence-electron chi connectivity index (χ4n) is 7.22. The topological polar surface area (TPSA) is 166 Å². The Hall–Kier alpha value is -5.76. The van der Waals surface area contributed by atoms with E-state index in [1.54, 1.807) is 22.7 Å². The Morgan fingerprint density at radius 1 is 0.923 bits per heavy atom. The number of likely N-dealkylation sites (tertiary alicyclic amines) is 1. The Balaban J connectivity index is 0.891. The molecule has 1 atom stereocenters. The van der Waals surface area contributed by atoms with Crippen LogP contribution in [0.1, 0.15) is 54.1 Å². The number of fused-ring (bicyclic) bond motifs is 2. The molecule has 0 bridgehead atoms. The number of piperidine rings is 2. The molecular formula is C38H36N8O5S. The second kappa shape index (κ2) is 14.1. The number of nitrogens with two attached hydrogens (primary N) is 1. The lowest BCUT2D eigenvalue weighted by Crippen LogP contribution is -2.52. The molecule has 2 fully saturated rings. The van der Waals surface area contributed by atoms with Gasteiger partial charge < -0.3 is 20.3 Å². The SMILES string of the molecule is Nc1ncnc2c1c(-c1ccc(Oc3ccccc3)cc1)nn2C1CCN(C(=O)CCSc2cccc3c2CN(C2CCC(=O)NC2=O)C3=O)CC1. The van der Waals surface area contributed by atoms with E-state index in [1.165, 1.54) is 6.33 Å². The summed E-state index contributed by atoms with van der Waals surface area (Å²) in [5.41, 5.74) is 10.0. The summed E-state index contributed by atoms with van der Waals surface area (Å²) in [7, 11) is 0. The minimum atomic E-state index is -0.664. The van der Waals surface area contributed by atoms with E-state index < -0.39 is 11.9 Å². The van der Waals surface area contributed by atoms with Crippen LogP contribution < -0.4 is 15.8 Å². The number of imide groups is 1. The lowest BCUT2D eigenvalue weighted by molar-refractivity contribution is -0.137. The van der Waals surface area contributed by atoms with E-state index in [9.17, 15) is 19.2 Å². The van der Waals surface area contributed by atoms with Crippen LogP contribution in [0, 0.1) is 0 Å². The van der Waals surface area contributed by atoms with Gasteiger partial charge in [0.05, 0.1) is 11.4 Å². The first-order chi connectivity index (χ1) is 25.3. The highest BCUT2D eigenvalue weighted by Crippen LogP contribution is 2.37. The van der Waals surface area contributed by atoms with E-state index >= 15 is 0 Å². The fraction of sp³-hybridized carbons (Fsp3) is 0.289. The number of ether oxygens (including phenoxy) is 1. The first kappa shape index (κ1) is 33.4. The molecule has 264 valence electrons.